The second kappa shape index (κ2) is 4.97. The standard InChI is InChI=1S/C8H10ClNO4/c9-7-2-4-10(14-8(12)13)3-1-6(7)5-11/h5H,1-4H2,(H,12,13). The summed E-state index contributed by atoms with van der Waals surface area (Å²) < 4.78 is 0. The van der Waals surface area contributed by atoms with Gasteiger partial charge < -0.3 is 9.94 Å². The first-order valence-electron chi connectivity index (χ1n) is 4.12. The zero-order valence-electron chi connectivity index (χ0n) is 7.40. The Kier molecular flexibility index (Phi) is 3.91. The van der Waals surface area contributed by atoms with Gasteiger partial charge in [-0.3, -0.25) is 4.79 Å². The van der Waals surface area contributed by atoms with E-state index in [9.17, 15) is 9.59 Å². The molecule has 78 valence electrons. The Bertz CT molecular complexity index is 277. The molecule has 0 spiro atoms. The highest BCUT2D eigenvalue weighted by molar-refractivity contribution is 6.31. The Hall–Kier alpha value is -1.07. The van der Waals surface area contributed by atoms with Crippen LogP contribution in [0.15, 0.2) is 10.6 Å². The normalized spacial score (nSPS) is 18.9. The third-order valence-electron chi connectivity index (χ3n) is 1.91. The van der Waals surface area contributed by atoms with Gasteiger partial charge in [-0.05, 0) is 12.8 Å². The van der Waals surface area contributed by atoms with Gasteiger partial charge in [0.2, 0.25) is 0 Å². The van der Waals surface area contributed by atoms with E-state index in [2.05, 4.69) is 4.84 Å². The zero-order chi connectivity index (χ0) is 10.6. The van der Waals surface area contributed by atoms with Gasteiger partial charge in [0.1, 0.15) is 6.29 Å². The van der Waals surface area contributed by atoms with Crippen molar-refractivity contribution in [2.45, 2.75) is 12.8 Å². The number of nitrogens with zero attached hydrogens (tertiary/aromatic N) is 1. The number of hydroxylamine groups is 2. The molecule has 0 aromatic carbocycles. The quantitative estimate of drug-likeness (QED) is 0.711. The number of halogens is 1. The summed E-state index contributed by atoms with van der Waals surface area (Å²) in [6.07, 6.45) is 0.196. The number of aldehydes is 1. The molecule has 0 atom stereocenters. The van der Waals surface area contributed by atoms with Crippen LogP contribution in [0.3, 0.4) is 0 Å². The van der Waals surface area contributed by atoms with Crippen LogP contribution in [-0.2, 0) is 9.63 Å². The summed E-state index contributed by atoms with van der Waals surface area (Å²) in [5, 5.41) is 10.1. The summed E-state index contributed by atoms with van der Waals surface area (Å²) in [5.74, 6) is 0. The lowest BCUT2D eigenvalue weighted by Crippen LogP contribution is -2.27. The highest BCUT2D eigenvalue weighted by Crippen LogP contribution is 2.20. The topological polar surface area (TPSA) is 66.8 Å². The van der Waals surface area contributed by atoms with Crippen LogP contribution in [0, 0.1) is 0 Å². The van der Waals surface area contributed by atoms with Crippen molar-refractivity contribution in [1.82, 2.24) is 5.06 Å². The molecule has 0 amide bonds. The SMILES string of the molecule is O=CC1=C(Cl)CCN(OC(=O)O)CC1. The van der Waals surface area contributed by atoms with Gasteiger partial charge in [0.25, 0.3) is 0 Å². The number of hydrogen-bond acceptors (Lipinski definition) is 4. The number of carboxylic acid groups (broad SMARTS) is 1. The maximum atomic E-state index is 10.5. The van der Waals surface area contributed by atoms with Gasteiger partial charge in [-0.25, -0.2) is 4.79 Å². The van der Waals surface area contributed by atoms with Crippen LogP contribution < -0.4 is 0 Å². The minimum atomic E-state index is -1.35. The fourth-order valence-electron chi connectivity index (χ4n) is 1.20. The van der Waals surface area contributed by atoms with Crippen LogP contribution in [0.2, 0.25) is 0 Å². The molecular formula is C8H10ClNO4. The highest BCUT2D eigenvalue weighted by atomic mass is 35.5. The van der Waals surface area contributed by atoms with Crippen LogP contribution in [0.4, 0.5) is 4.79 Å². The van der Waals surface area contributed by atoms with Crippen molar-refractivity contribution < 1.29 is 19.5 Å². The van der Waals surface area contributed by atoms with E-state index >= 15 is 0 Å². The summed E-state index contributed by atoms with van der Waals surface area (Å²) in [4.78, 5) is 25.2. The van der Waals surface area contributed by atoms with Gasteiger partial charge in [-0.15, -0.1) is 5.06 Å². The van der Waals surface area contributed by atoms with Gasteiger partial charge in [-0.2, -0.15) is 0 Å². The van der Waals surface area contributed by atoms with E-state index < -0.39 is 6.16 Å². The zero-order valence-corrected chi connectivity index (χ0v) is 8.16. The van der Waals surface area contributed by atoms with E-state index in [4.69, 9.17) is 16.7 Å². The molecule has 0 saturated heterocycles. The van der Waals surface area contributed by atoms with E-state index in [0.717, 1.165) is 0 Å². The molecule has 6 heteroatoms. The molecule has 1 heterocycles. The summed E-state index contributed by atoms with van der Waals surface area (Å²) in [6, 6.07) is 0. The van der Waals surface area contributed by atoms with Gasteiger partial charge in [0, 0.05) is 23.7 Å². The van der Waals surface area contributed by atoms with Crippen molar-refractivity contribution in [2.24, 2.45) is 0 Å². The van der Waals surface area contributed by atoms with E-state index in [1.807, 2.05) is 0 Å². The molecular weight excluding hydrogens is 210 g/mol. The molecule has 0 saturated carbocycles. The number of carbonyl (C=O) groups is 2. The van der Waals surface area contributed by atoms with Crippen molar-refractivity contribution in [3.8, 4) is 0 Å². The number of hydrogen-bond donors (Lipinski definition) is 1. The van der Waals surface area contributed by atoms with Crippen molar-refractivity contribution in [1.29, 1.82) is 0 Å². The molecule has 0 aromatic rings. The van der Waals surface area contributed by atoms with Crippen molar-refractivity contribution in [3.63, 3.8) is 0 Å². The Morgan fingerprint density at radius 1 is 1.50 bits per heavy atom. The van der Waals surface area contributed by atoms with Crippen LogP contribution in [0.1, 0.15) is 12.8 Å². The van der Waals surface area contributed by atoms with Crippen molar-refractivity contribution >= 4 is 24.0 Å². The molecule has 14 heavy (non-hydrogen) atoms. The largest absolute Gasteiger partial charge is 0.525 e. The van der Waals surface area contributed by atoms with Crippen molar-refractivity contribution in [3.05, 3.63) is 10.6 Å². The first kappa shape index (κ1) is 11.0. The van der Waals surface area contributed by atoms with Gasteiger partial charge in [0.15, 0.2) is 0 Å². The second-order valence-corrected chi connectivity index (χ2v) is 3.29. The molecule has 0 fully saturated rings. The summed E-state index contributed by atoms with van der Waals surface area (Å²) in [5.41, 5.74) is 0.517. The molecule has 1 rings (SSSR count). The lowest BCUT2D eigenvalue weighted by atomic mass is 10.2. The van der Waals surface area contributed by atoms with E-state index in [-0.39, 0.29) is 0 Å². The number of rotatable bonds is 2. The monoisotopic (exact) mass is 219 g/mol. The van der Waals surface area contributed by atoms with Gasteiger partial charge in [-0.1, -0.05) is 11.6 Å². The van der Waals surface area contributed by atoms with E-state index in [0.29, 0.717) is 42.8 Å². The minimum absolute atomic E-state index is 0.358. The second-order valence-electron chi connectivity index (χ2n) is 2.83. The molecule has 0 aliphatic carbocycles. The third-order valence-corrected chi connectivity index (χ3v) is 2.34. The van der Waals surface area contributed by atoms with E-state index in [1.54, 1.807) is 0 Å². The predicted molar refractivity (Wildman–Crippen MR) is 48.9 cm³/mol. The Morgan fingerprint density at radius 2 is 2.14 bits per heavy atom. The van der Waals surface area contributed by atoms with Crippen LogP contribution in [-0.4, -0.2) is 35.7 Å². The Labute approximate surface area is 85.8 Å². The molecule has 1 aliphatic heterocycles. The van der Waals surface area contributed by atoms with Gasteiger partial charge in [0.05, 0.1) is 0 Å². The fourth-order valence-corrected chi connectivity index (χ4v) is 1.42. The average Bonchev–Trinajstić information content (AvgIpc) is 2.28. The molecule has 0 bridgehead atoms. The molecule has 1 aliphatic rings. The Balaban J connectivity index is 2.55. The van der Waals surface area contributed by atoms with Gasteiger partial charge >= 0.3 is 6.16 Å². The lowest BCUT2D eigenvalue weighted by Gasteiger charge is -2.15. The first-order valence-corrected chi connectivity index (χ1v) is 4.50. The molecule has 0 unspecified atom stereocenters. The highest BCUT2D eigenvalue weighted by Gasteiger charge is 2.17. The summed E-state index contributed by atoms with van der Waals surface area (Å²) in [6.45, 7) is 0.735. The fraction of sp³-hybridized carbons (Fsp3) is 0.500. The first-order chi connectivity index (χ1) is 6.63. The molecule has 0 aromatic heterocycles. The van der Waals surface area contributed by atoms with E-state index in [1.165, 1.54) is 5.06 Å². The smallest absolute Gasteiger partial charge is 0.448 e. The average molecular weight is 220 g/mol. The Morgan fingerprint density at radius 3 is 2.71 bits per heavy atom. The third kappa shape index (κ3) is 3.01. The minimum Gasteiger partial charge on any atom is -0.448 e. The predicted octanol–water partition coefficient (Wildman–Crippen LogP) is 1.38. The molecule has 0 radical (unpaired) electrons. The van der Waals surface area contributed by atoms with Crippen LogP contribution in [0.25, 0.3) is 0 Å². The van der Waals surface area contributed by atoms with Crippen LogP contribution >= 0.6 is 11.6 Å². The lowest BCUT2D eigenvalue weighted by molar-refractivity contribution is -0.117. The molecule has 1 N–H and O–H groups in total. The molecule has 5 nitrogen and oxygen atoms in total. The van der Waals surface area contributed by atoms with Crippen LogP contribution in [0.5, 0.6) is 0 Å². The summed E-state index contributed by atoms with van der Waals surface area (Å²) >= 11 is 5.81. The van der Waals surface area contributed by atoms with Crippen molar-refractivity contribution in [2.75, 3.05) is 13.1 Å². The maximum Gasteiger partial charge on any atom is 0.525 e. The summed E-state index contributed by atoms with van der Waals surface area (Å²) in [7, 11) is 0. The maximum absolute atomic E-state index is 10.5. The number of carbonyl (C=O) groups excluding carboxylic acids is 1.